The number of hydrogen-bond donors (Lipinski definition) is 1. The zero-order valence-electron chi connectivity index (χ0n) is 16.9. The summed E-state index contributed by atoms with van der Waals surface area (Å²) in [6.45, 7) is 9.43. The van der Waals surface area contributed by atoms with E-state index in [0.717, 1.165) is 50.1 Å². The number of nitrogens with one attached hydrogen (secondary N) is 1. The lowest BCUT2D eigenvalue weighted by Gasteiger charge is -2.37. The molecule has 0 bridgehead atoms. The molecule has 0 atom stereocenters. The Balaban J connectivity index is 0.00000280. The molecule has 6 nitrogen and oxygen atoms in total. The van der Waals surface area contributed by atoms with Crippen molar-refractivity contribution in [2.75, 3.05) is 44.7 Å². The molecule has 1 aliphatic rings. The summed E-state index contributed by atoms with van der Waals surface area (Å²) in [5, 5.41) is 3.42. The van der Waals surface area contributed by atoms with E-state index in [1.54, 1.807) is 7.11 Å². The average Bonchev–Trinajstić information content (AvgIpc) is 2.72. The minimum atomic E-state index is 0. The van der Waals surface area contributed by atoms with Gasteiger partial charge in [0.2, 0.25) is 0 Å². The van der Waals surface area contributed by atoms with Crippen LogP contribution in [0, 0.1) is 6.92 Å². The standard InChI is InChI=1S/C21H29N5O.HI/c1-4-22-21(24-16-20-17(2)7-6-10-23-20)26-13-11-25(12-14-26)18-8-5-9-19(15-18)27-3;/h5-10,15H,4,11-14,16H2,1-3H3,(H,22,24);1H. The summed E-state index contributed by atoms with van der Waals surface area (Å²) < 4.78 is 5.35. The zero-order valence-corrected chi connectivity index (χ0v) is 19.2. The van der Waals surface area contributed by atoms with Crippen LogP contribution >= 0.6 is 24.0 Å². The topological polar surface area (TPSA) is 53.0 Å². The number of aliphatic imine (C=N–C) groups is 1. The van der Waals surface area contributed by atoms with E-state index >= 15 is 0 Å². The van der Waals surface area contributed by atoms with Crippen LogP contribution in [0.4, 0.5) is 5.69 Å². The van der Waals surface area contributed by atoms with Gasteiger partial charge in [-0.25, -0.2) is 4.99 Å². The normalized spacial score (nSPS) is 14.5. The third kappa shape index (κ3) is 5.73. The van der Waals surface area contributed by atoms with E-state index < -0.39 is 0 Å². The molecule has 1 fully saturated rings. The van der Waals surface area contributed by atoms with Crippen molar-refractivity contribution in [1.29, 1.82) is 0 Å². The highest BCUT2D eigenvalue weighted by atomic mass is 127. The molecular weight excluding hydrogens is 465 g/mol. The van der Waals surface area contributed by atoms with Crippen molar-refractivity contribution in [2.45, 2.75) is 20.4 Å². The van der Waals surface area contributed by atoms with Crippen LogP contribution in [0.5, 0.6) is 5.75 Å². The monoisotopic (exact) mass is 495 g/mol. The molecule has 1 aliphatic heterocycles. The number of ether oxygens (including phenoxy) is 1. The van der Waals surface area contributed by atoms with Crippen LogP contribution < -0.4 is 15.0 Å². The summed E-state index contributed by atoms with van der Waals surface area (Å²) in [7, 11) is 1.71. The number of benzene rings is 1. The number of pyridine rings is 1. The molecule has 0 saturated carbocycles. The number of aromatic nitrogens is 1. The van der Waals surface area contributed by atoms with Gasteiger partial charge in [-0.3, -0.25) is 4.98 Å². The highest BCUT2D eigenvalue weighted by molar-refractivity contribution is 14.0. The van der Waals surface area contributed by atoms with Crippen molar-refractivity contribution in [3.63, 3.8) is 0 Å². The summed E-state index contributed by atoms with van der Waals surface area (Å²) >= 11 is 0. The van der Waals surface area contributed by atoms with Gasteiger partial charge in [0, 0.05) is 50.7 Å². The lowest BCUT2D eigenvalue weighted by Crippen LogP contribution is -2.52. The minimum Gasteiger partial charge on any atom is -0.497 e. The summed E-state index contributed by atoms with van der Waals surface area (Å²) in [5.74, 6) is 1.86. The fraction of sp³-hybridized carbons (Fsp3) is 0.429. The molecule has 1 N–H and O–H groups in total. The average molecular weight is 495 g/mol. The van der Waals surface area contributed by atoms with Gasteiger partial charge in [0.1, 0.15) is 5.75 Å². The summed E-state index contributed by atoms with van der Waals surface area (Å²) in [5.41, 5.74) is 3.42. The molecule has 1 saturated heterocycles. The van der Waals surface area contributed by atoms with Gasteiger partial charge in [-0.15, -0.1) is 24.0 Å². The maximum absolute atomic E-state index is 5.35. The SMILES string of the molecule is CCNC(=NCc1ncccc1C)N1CCN(c2cccc(OC)c2)CC1.I. The van der Waals surface area contributed by atoms with E-state index in [1.807, 2.05) is 24.4 Å². The molecule has 2 heterocycles. The molecule has 28 heavy (non-hydrogen) atoms. The van der Waals surface area contributed by atoms with Crippen molar-refractivity contribution >= 4 is 35.6 Å². The molecule has 0 aliphatic carbocycles. The third-order valence-corrected chi connectivity index (χ3v) is 4.83. The fourth-order valence-corrected chi connectivity index (χ4v) is 3.24. The predicted octanol–water partition coefficient (Wildman–Crippen LogP) is 3.30. The number of methoxy groups -OCH3 is 1. The first-order valence-electron chi connectivity index (χ1n) is 9.54. The number of hydrogen-bond acceptors (Lipinski definition) is 4. The van der Waals surface area contributed by atoms with E-state index in [2.05, 4.69) is 52.1 Å². The first-order valence-corrected chi connectivity index (χ1v) is 9.54. The third-order valence-electron chi connectivity index (χ3n) is 4.83. The fourth-order valence-electron chi connectivity index (χ4n) is 3.24. The number of nitrogens with zero attached hydrogens (tertiary/aromatic N) is 4. The molecule has 1 aromatic carbocycles. The van der Waals surface area contributed by atoms with E-state index in [4.69, 9.17) is 9.73 Å². The molecule has 7 heteroatoms. The zero-order chi connectivity index (χ0) is 19.1. The quantitative estimate of drug-likeness (QED) is 0.392. The number of guanidine groups is 1. The molecular formula is C21H30IN5O. The van der Waals surface area contributed by atoms with Crippen molar-refractivity contribution in [1.82, 2.24) is 15.2 Å². The van der Waals surface area contributed by atoms with Crippen LogP contribution in [0.2, 0.25) is 0 Å². The molecule has 1 aromatic heterocycles. The highest BCUT2D eigenvalue weighted by Gasteiger charge is 2.20. The molecule has 0 radical (unpaired) electrons. The number of rotatable bonds is 5. The highest BCUT2D eigenvalue weighted by Crippen LogP contribution is 2.22. The number of piperazine rings is 1. The second kappa shape index (κ2) is 11.1. The van der Waals surface area contributed by atoms with Gasteiger partial charge in [0.25, 0.3) is 0 Å². The first-order chi connectivity index (χ1) is 13.2. The predicted molar refractivity (Wildman–Crippen MR) is 126 cm³/mol. The maximum atomic E-state index is 5.35. The Morgan fingerprint density at radius 3 is 2.64 bits per heavy atom. The molecule has 2 aromatic rings. The summed E-state index contributed by atoms with van der Waals surface area (Å²) in [6, 6.07) is 12.3. The van der Waals surface area contributed by atoms with Crippen molar-refractivity contribution in [3.8, 4) is 5.75 Å². The second-order valence-electron chi connectivity index (χ2n) is 6.61. The van der Waals surface area contributed by atoms with Crippen molar-refractivity contribution in [3.05, 3.63) is 53.9 Å². The second-order valence-corrected chi connectivity index (χ2v) is 6.61. The van der Waals surface area contributed by atoms with Gasteiger partial charge < -0.3 is 19.9 Å². The Kier molecular flexibility index (Phi) is 8.82. The van der Waals surface area contributed by atoms with Crippen LogP contribution in [-0.2, 0) is 6.54 Å². The molecule has 3 rings (SSSR count). The van der Waals surface area contributed by atoms with Crippen molar-refractivity contribution in [2.24, 2.45) is 4.99 Å². The maximum Gasteiger partial charge on any atom is 0.194 e. The van der Waals surface area contributed by atoms with E-state index in [9.17, 15) is 0 Å². The van der Waals surface area contributed by atoms with Gasteiger partial charge in [0.15, 0.2) is 5.96 Å². The Labute approximate surface area is 185 Å². The molecule has 0 spiro atoms. The number of halogens is 1. The van der Waals surface area contributed by atoms with Crippen molar-refractivity contribution < 1.29 is 4.74 Å². The van der Waals surface area contributed by atoms with Crippen LogP contribution in [-0.4, -0.2) is 55.7 Å². The lowest BCUT2D eigenvalue weighted by molar-refractivity contribution is 0.372. The molecule has 0 unspecified atom stereocenters. The Hall–Kier alpha value is -2.03. The smallest absolute Gasteiger partial charge is 0.194 e. The number of anilines is 1. The van der Waals surface area contributed by atoms with E-state index in [0.29, 0.717) is 6.54 Å². The van der Waals surface area contributed by atoms with Gasteiger partial charge in [0.05, 0.1) is 19.3 Å². The van der Waals surface area contributed by atoms with Crippen LogP contribution in [0.15, 0.2) is 47.6 Å². The molecule has 0 amide bonds. The minimum absolute atomic E-state index is 0. The van der Waals surface area contributed by atoms with Gasteiger partial charge in [-0.2, -0.15) is 0 Å². The lowest BCUT2D eigenvalue weighted by atomic mass is 10.2. The van der Waals surface area contributed by atoms with Crippen LogP contribution in [0.3, 0.4) is 0 Å². The Morgan fingerprint density at radius 2 is 1.96 bits per heavy atom. The summed E-state index contributed by atoms with van der Waals surface area (Å²) in [6.07, 6.45) is 1.83. The van der Waals surface area contributed by atoms with Gasteiger partial charge in [-0.1, -0.05) is 12.1 Å². The Morgan fingerprint density at radius 1 is 1.18 bits per heavy atom. The Bertz CT molecular complexity index is 775. The summed E-state index contributed by atoms with van der Waals surface area (Å²) in [4.78, 5) is 14.0. The van der Waals surface area contributed by atoms with E-state index in [-0.39, 0.29) is 24.0 Å². The number of aryl methyl sites for hydroxylation is 1. The van der Waals surface area contributed by atoms with E-state index in [1.165, 1.54) is 11.3 Å². The van der Waals surface area contributed by atoms with Crippen LogP contribution in [0.25, 0.3) is 0 Å². The first kappa shape index (κ1) is 22.3. The van der Waals surface area contributed by atoms with Gasteiger partial charge in [-0.05, 0) is 37.6 Å². The van der Waals surface area contributed by atoms with Gasteiger partial charge >= 0.3 is 0 Å². The largest absolute Gasteiger partial charge is 0.497 e. The molecule has 152 valence electrons. The van der Waals surface area contributed by atoms with Crippen LogP contribution in [0.1, 0.15) is 18.2 Å².